The fourth-order valence-corrected chi connectivity index (χ4v) is 4.17. The minimum Gasteiger partial charge on any atom is -0.324 e. The molecule has 2 aliphatic rings. The standard InChI is InChI=1S/C18H26N4O3/c1-13-17(22(24)25)10-14(12-19-13)20-18(23)11-16-8-5-9-21(16)15-6-3-2-4-7-15/h10,12,15-16H,2-9,11H2,1H3,(H,20,23)/t16-/m0/s1. The molecule has 1 amide bonds. The summed E-state index contributed by atoms with van der Waals surface area (Å²) in [6.07, 6.45) is 10.5. The number of amides is 1. The van der Waals surface area contributed by atoms with Gasteiger partial charge in [-0.1, -0.05) is 19.3 Å². The number of nitro groups is 1. The van der Waals surface area contributed by atoms with Gasteiger partial charge in [-0.25, -0.2) is 0 Å². The molecule has 1 saturated heterocycles. The van der Waals surface area contributed by atoms with Crippen LogP contribution in [0.1, 0.15) is 57.1 Å². The SMILES string of the molecule is Cc1ncc(NC(=O)C[C@@H]2CCCN2C2CCCCC2)cc1[N+](=O)[O-]. The predicted molar refractivity (Wildman–Crippen MR) is 95.5 cm³/mol. The third-order valence-corrected chi connectivity index (χ3v) is 5.43. The first-order valence-corrected chi connectivity index (χ1v) is 9.21. The maximum absolute atomic E-state index is 12.4. The Bertz CT molecular complexity index is 643. The van der Waals surface area contributed by atoms with Crippen molar-refractivity contribution in [2.24, 2.45) is 0 Å². The predicted octanol–water partition coefficient (Wildman–Crippen LogP) is 3.42. The summed E-state index contributed by atoms with van der Waals surface area (Å²) in [6.45, 7) is 2.67. The van der Waals surface area contributed by atoms with Crippen molar-refractivity contribution in [3.8, 4) is 0 Å². The maximum atomic E-state index is 12.4. The number of hydrogen-bond acceptors (Lipinski definition) is 5. The average molecular weight is 346 g/mol. The van der Waals surface area contributed by atoms with E-state index in [9.17, 15) is 14.9 Å². The van der Waals surface area contributed by atoms with Crippen LogP contribution in [0, 0.1) is 17.0 Å². The lowest BCUT2D eigenvalue weighted by Crippen LogP contribution is -2.41. The third-order valence-electron chi connectivity index (χ3n) is 5.43. The molecule has 3 rings (SSSR count). The topological polar surface area (TPSA) is 88.4 Å². The molecule has 0 spiro atoms. The summed E-state index contributed by atoms with van der Waals surface area (Å²) in [7, 11) is 0. The van der Waals surface area contributed by atoms with Crippen LogP contribution in [-0.2, 0) is 4.79 Å². The van der Waals surface area contributed by atoms with Crippen LogP contribution in [0.5, 0.6) is 0 Å². The summed E-state index contributed by atoms with van der Waals surface area (Å²) in [5, 5.41) is 13.8. The molecule has 1 aromatic heterocycles. The molecule has 1 saturated carbocycles. The number of pyridine rings is 1. The van der Waals surface area contributed by atoms with Gasteiger partial charge in [-0.15, -0.1) is 0 Å². The second-order valence-electron chi connectivity index (χ2n) is 7.16. The van der Waals surface area contributed by atoms with E-state index in [0.717, 1.165) is 19.4 Å². The number of aromatic nitrogens is 1. The lowest BCUT2D eigenvalue weighted by atomic mass is 9.93. The van der Waals surface area contributed by atoms with Crippen molar-refractivity contribution in [1.82, 2.24) is 9.88 Å². The van der Waals surface area contributed by atoms with Crippen LogP contribution < -0.4 is 5.32 Å². The molecule has 1 aliphatic carbocycles. The first kappa shape index (κ1) is 17.8. The molecule has 25 heavy (non-hydrogen) atoms. The molecule has 1 aliphatic heterocycles. The molecular weight excluding hydrogens is 320 g/mol. The molecule has 1 N–H and O–H groups in total. The number of hydrogen-bond donors (Lipinski definition) is 1. The first-order chi connectivity index (χ1) is 12.0. The van der Waals surface area contributed by atoms with E-state index in [-0.39, 0.29) is 17.6 Å². The second kappa shape index (κ2) is 7.91. The zero-order valence-electron chi connectivity index (χ0n) is 14.7. The van der Waals surface area contributed by atoms with Crippen molar-refractivity contribution < 1.29 is 9.72 Å². The van der Waals surface area contributed by atoms with E-state index in [1.54, 1.807) is 6.92 Å². The summed E-state index contributed by atoms with van der Waals surface area (Å²) < 4.78 is 0. The summed E-state index contributed by atoms with van der Waals surface area (Å²) in [4.78, 5) is 29.5. The Morgan fingerprint density at radius 1 is 1.32 bits per heavy atom. The van der Waals surface area contributed by atoms with Crippen molar-refractivity contribution in [3.63, 3.8) is 0 Å². The lowest BCUT2D eigenvalue weighted by molar-refractivity contribution is -0.385. The largest absolute Gasteiger partial charge is 0.324 e. The number of carbonyl (C=O) groups excluding carboxylic acids is 1. The van der Waals surface area contributed by atoms with Crippen LogP contribution in [-0.4, -0.2) is 39.3 Å². The van der Waals surface area contributed by atoms with Gasteiger partial charge in [0.25, 0.3) is 5.69 Å². The normalized spacial score (nSPS) is 22.0. The molecule has 2 heterocycles. The smallest absolute Gasteiger partial charge is 0.292 e. The molecule has 7 heteroatoms. The Labute approximate surface area is 148 Å². The number of likely N-dealkylation sites (tertiary alicyclic amines) is 1. The Morgan fingerprint density at radius 3 is 2.80 bits per heavy atom. The number of rotatable bonds is 5. The Morgan fingerprint density at radius 2 is 2.08 bits per heavy atom. The van der Waals surface area contributed by atoms with Gasteiger partial charge in [0.1, 0.15) is 5.69 Å². The maximum Gasteiger partial charge on any atom is 0.292 e. The molecule has 0 unspecified atom stereocenters. The Hall–Kier alpha value is -2.02. The molecule has 0 radical (unpaired) electrons. The van der Waals surface area contributed by atoms with Crippen molar-refractivity contribution in [1.29, 1.82) is 0 Å². The minimum absolute atomic E-state index is 0.0671. The van der Waals surface area contributed by atoms with E-state index < -0.39 is 4.92 Å². The molecule has 1 atom stereocenters. The van der Waals surface area contributed by atoms with E-state index in [1.165, 1.54) is 44.4 Å². The van der Waals surface area contributed by atoms with Crippen LogP contribution >= 0.6 is 0 Å². The van der Waals surface area contributed by atoms with Gasteiger partial charge < -0.3 is 5.32 Å². The van der Waals surface area contributed by atoms with Gasteiger partial charge in [-0.2, -0.15) is 0 Å². The molecule has 0 aromatic carbocycles. The Balaban J connectivity index is 1.60. The fourth-order valence-electron chi connectivity index (χ4n) is 4.17. The number of carbonyl (C=O) groups is 1. The first-order valence-electron chi connectivity index (χ1n) is 9.21. The zero-order chi connectivity index (χ0) is 17.8. The van der Waals surface area contributed by atoms with E-state index >= 15 is 0 Å². The molecule has 136 valence electrons. The van der Waals surface area contributed by atoms with Crippen LogP contribution in [0.3, 0.4) is 0 Å². The van der Waals surface area contributed by atoms with Crippen molar-refractivity contribution in [2.45, 2.75) is 70.4 Å². The van der Waals surface area contributed by atoms with Gasteiger partial charge in [-0.05, 0) is 39.2 Å². The van der Waals surface area contributed by atoms with Crippen LogP contribution in [0.25, 0.3) is 0 Å². The average Bonchev–Trinajstić information content (AvgIpc) is 3.05. The van der Waals surface area contributed by atoms with Crippen molar-refractivity contribution >= 4 is 17.3 Å². The number of aryl methyl sites for hydroxylation is 1. The van der Waals surface area contributed by atoms with E-state index in [2.05, 4.69) is 15.2 Å². The highest BCUT2D eigenvalue weighted by Gasteiger charge is 2.32. The highest BCUT2D eigenvalue weighted by Crippen LogP contribution is 2.30. The van der Waals surface area contributed by atoms with E-state index in [4.69, 9.17) is 0 Å². The number of anilines is 1. The minimum atomic E-state index is -0.472. The number of nitrogens with zero attached hydrogens (tertiary/aromatic N) is 3. The molecule has 2 fully saturated rings. The highest BCUT2D eigenvalue weighted by atomic mass is 16.6. The summed E-state index contributed by atoms with van der Waals surface area (Å²) in [5.74, 6) is -0.0901. The van der Waals surface area contributed by atoms with E-state index in [1.807, 2.05) is 0 Å². The third kappa shape index (κ3) is 4.34. The lowest BCUT2D eigenvalue weighted by Gasteiger charge is -2.35. The van der Waals surface area contributed by atoms with Crippen molar-refractivity contribution in [3.05, 3.63) is 28.1 Å². The van der Waals surface area contributed by atoms with Gasteiger partial charge in [-0.3, -0.25) is 24.8 Å². The van der Waals surface area contributed by atoms with Gasteiger partial charge in [0.15, 0.2) is 0 Å². The monoisotopic (exact) mass is 346 g/mol. The van der Waals surface area contributed by atoms with E-state index in [0.29, 0.717) is 23.8 Å². The molecule has 7 nitrogen and oxygen atoms in total. The summed E-state index contributed by atoms with van der Waals surface area (Å²) >= 11 is 0. The summed E-state index contributed by atoms with van der Waals surface area (Å²) in [5.41, 5.74) is 0.675. The van der Waals surface area contributed by atoms with Crippen LogP contribution in [0.2, 0.25) is 0 Å². The molecule has 1 aromatic rings. The quantitative estimate of drug-likeness (QED) is 0.652. The van der Waals surface area contributed by atoms with Crippen molar-refractivity contribution in [2.75, 3.05) is 11.9 Å². The highest BCUT2D eigenvalue weighted by molar-refractivity contribution is 5.91. The van der Waals surface area contributed by atoms with Gasteiger partial charge in [0.05, 0.1) is 16.8 Å². The molecule has 0 bridgehead atoms. The van der Waals surface area contributed by atoms with Crippen LogP contribution in [0.15, 0.2) is 12.3 Å². The van der Waals surface area contributed by atoms with Gasteiger partial charge in [0, 0.05) is 24.6 Å². The Kier molecular flexibility index (Phi) is 5.63. The van der Waals surface area contributed by atoms with Gasteiger partial charge >= 0.3 is 0 Å². The number of nitrogens with one attached hydrogen (secondary N) is 1. The zero-order valence-corrected chi connectivity index (χ0v) is 14.7. The second-order valence-corrected chi connectivity index (χ2v) is 7.16. The summed E-state index contributed by atoms with van der Waals surface area (Å²) in [6, 6.07) is 2.29. The van der Waals surface area contributed by atoms with Crippen LogP contribution in [0.4, 0.5) is 11.4 Å². The fraction of sp³-hybridized carbons (Fsp3) is 0.667. The molecular formula is C18H26N4O3. The van der Waals surface area contributed by atoms with Gasteiger partial charge in [0.2, 0.25) is 5.91 Å².